The first kappa shape index (κ1) is 13.1. The number of aromatic amines is 1. The van der Waals surface area contributed by atoms with E-state index in [4.69, 9.17) is 0 Å². The standard InChI is InChI=1S/C13H14N6O2/c20-19(21)10-3-4-11-12(9-10)17-13(16-11)14-5-1-7-18-8-2-6-15-18/h2-4,6,8-9H,1,5,7H2,(H2,14,16,17). The molecule has 0 bridgehead atoms. The molecule has 1 aromatic carbocycles. The number of fused-ring (bicyclic) bond motifs is 1. The van der Waals surface area contributed by atoms with E-state index in [0.717, 1.165) is 19.5 Å². The molecular weight excluding hydrogens is 272 g/mol. The van der Waals surface area contributed by atoms with Crippen molar-refractivity contribution in [2.75, 3.05) is 11.9 Å². The first-order valence-electron chi connectivity index (χ1n) is 6.58. The largest absolute Gasteiger partial charge is 0.356 e. The number of aryl methyl sites for hydroxylation is 1. The molecule has 0 aliphatic carbocycles. The van der Waals surface area contributed by atoms with Gasteiger partial charge < -0.3 is 10.3 Å². The van der Waals surface area contributed by atoms with Crippen LogP contribution in [0.25, 0.3) is 11.0 Å². The van der Waals surface area contributed by atoms with Crippen molar-refractivity contribution in [1.82, 2.24) is 19.7 Å². The third-order valence-corrected chi connectivity index (χ3v) is 3.09. The van der Waals surface area contributed by atoms with Gasteiger partial charge in [-0.15, -0.1) is 0 Å². The molecule has 3 rings (SSSR count). The molecule has 0 saturated carbocycles. The number of hydrogen-bond donors (Lipinski definition) is 2. The Morgan fingerprint density at radius 3 is 3.10 bits per heavy atom. The van der Waals surface area contributed by atoms with E-state index in [9.17, 15) is 10.1 Å². The van der Waals surface area contributed by atoms with Gasteiger partial charge in [0.2, 0.25) is 5.95 Å². The second-order valence-corrected chi connectivity index (χ2v) is 4.59. The van der Waals surface area contributed by atoms with Gasteiger partial charge >= 0.3 is 0 Å². The number of rotatable bonds is 6. The molecule has 8 nitrogen and oxygen atoms in total. The second-order valence-electron chi connectivity index (χ2n) is 4.59. The lowest BCUT2D eigenvalue weighted by Crippen LogP contribution is -2.07. The van der Waals surface area contributed by atoms with Crippen LogP contribution in [0.2, 0.25) is 0 Å². The Labute approximate surface area is 120 Å². The number of imidazole rings is 1. The third-order valence-electron chi connectivity index (χ3n) is 3.09. The molecule has 2 N–H and O–H groups in total. The average Bonchev–Trinajstić information content (AvgIpc) is 3.11. The van der Waals surface area contributed by atoms with Gasteiger partial charge in [0.25, 0.3) is 5.69 Å². The SMILES string of the molecule is O=[N+]([O-])c1ccc2nc(NCCCn3cccn3)[nH]c2c1. The molecular formula is C13H14N6O2. The van der Waals surface area contributed by atoms with Crippen LogP contribution < -0.4 is 5.32 Å². The van der Waals surface area contributed by atoms with E-state index >= 15 is 0 Å². The molecule has 0 amide bonds. The second kappa shape index (κ2) is 5.61. The van der Waals surface area contributed by atoms with Gasteiger partial charge in [0.05, 0.1) is 16.0 Å². The summed E-state index contributed by atoms with van der Waals surface area (Å²) >= 11 is 0. The van der Waals surface area contributed by atoms with Crippen molar-refractivity contribution in [2.24, 2.45) is 0 Å². The number of H-pyrrole nitrogens is 1. The van der Waals surface area contributed by atoms with Crippen molar-refractivity contribution in [3.05, 3.63) is 46.8 Å². The van der Waals surface area contributed by atoms with Gasteiger partial charge in [-0.1, -0.05) is 0 Å². The van der Waals surface area contributed by atoms with Crippen LogP contribution in [-0.2, 0) is 6.54 Å². The van der Waals surface area contributed by atoms with Crippen LogP contribution in [0.5, 0.6) is 0 Å². The Hall–Kier alpha value is -2.90. The normalized spacial score (nSPS) is 10.9. The Balaban J connectivity index is 1.60. The van der Waals surface area contributed by atoms with Crippen LogP contribution in [0.4, 0.5) is 11.6 Å². The van der Waals surface area contributed by atoms with Crippen LogP contribution in [0.3, 0.4) is 0 Å². The topological polar surface area (TPSA) is 102 Å². The van der Waals surface area contributed by atoms with Crippen LogP contribution in [0.15, 0.2) is 36.7 Å². The number of nitrogens with one attached hydrogen (secondary N) is 2. The highest BCUT2D eigenvalue weighted by Gasteiger charge is 2.09. The quantitative estimate of drug-likeness (QED) is 0.411. The summed E-state index contributed by atoms with van der Waals surface area (Å²) in [5, 5.41) is 18.0. The first-order valence-corrected chi connectivity index (χ1v) is 6.58. The van der Waals surface area contributed by atoms with Gasteiger partial charge in [-0.05, 0) is 18.6 Å². The van der Waals surface area contributed by atoms with Gasteiger partial charge in [-0.3, -0.25) is 14.8 Å². The molecule has 0 radical (unpaired) electrons. The van der Waals surface area contributed by atoms with Crippen molar-refractivity contribution < 1.29 is 4.92 Å². The first-order chi connectivity index (χ1) is 10.2. The van der Waals surface area contributed by atoms with Crippen molar-refractivity contribution in [1.29, 1.82) is 0 Å². The minimum Gasteiger partial charge on any atom is -0.356 e. The van der Waals surface area contributed by atoms with Crippen LogP contribution >= 0.6 is 0 Å². The Kier molecular flexibility index (Phi) is 3.50. The zero-order valence-corrected chi connectivity index (χ0v) is 11.2. The molecule has 0 spiro atoms. The average molecular weight is 286 g/mol. The third kappa shape index (κ3) is 2.99. The molecule has 2 aromatic heterocycles. The highest BCUT2D eigenvalue weighted by atomic mass is 16.6. The van der Waals surface area contributed by atoms with Gasteiger partial charge in [-0.25, -0.2) is 4.98 Å². The number of benzene rings is 1. The monoisotopic (exact) mass is 286 g/mol. The summed E-state index contributed by atoms with van der Waals surface area (Å²) in [5.41, 5.74) is 1.41. The van der Waals surface area contributed by atoms with E-state index in [1.165, 1.54) is 12.1 Å². The fraction of sp³-hybridized carbons (Fsp3) is 0.231. The molecule has 3 aromatic rings. The van der Waals surface area contributed by atoms with Crippen molar-refractivity contribution in [3.63, 3.8) is 0 Å². The van der Waals surface area contributed by atoms with Gasteiger partial charge in [0, 0.05) is 37.6 Å². The summed E-state index contributed by atoms with van der Waals surface area (Å²) in [6.07, 6.45) is 4.57. The number of nitro groups is 1. The maximum atomic E-state index is 10.7. The van der Waals surface area contributed by atoms with Gasteiger partial charge in [0.15, 0.2) is 0 Å². The zero-order chi connectivity index (χ0) is 14.7. The Morgan fingerprint density at radius 1 is 1.43 bits per heavy atom. The number of nitro benzene ring substituents is 1. The lowest BCUT2D eigenvalue weighted by atomic mass is 10.3. The molecule has 8 heteroatoms. The Bertz CT molecular complexity index is 749. The molecule has 21 heavy (non-hydrogen) atoms. The number of hydrogen-bond acceptors (Lipinski definition) is 5. The van der Waals surface area contributed by atoms with Crippen molar-refractivity contribution in [2.45, 2.75) is 13.0 Å². The van der Waals surface area contributed by atoms with E-state index in [1.807, 2.05) is 16.9 Å². The zero-order valence-electron chi connectivity index (χ0n) is 11.2. The number of nitrogens with zero attached hydrogens (tertiary/aromatic N) is 4. The predicted molar refractivity (Wildman–Crippen MR) is 78.1 cm³/mol. The summed E-state index contributed by atoms with van der Waals surface area (Å²) in [7, 11) is 0. The highest BCUT2D eigenvalue weighted by Crippen LogP contribution is 2.20. The predicted octanol–water partition coefficient (Wildman–Crippen LogP) is 2.17. The summed E-state index contributed by atoms with van der Waals surface area (Å²) in [6.45, 7) is 1.56. The fourth-order valence-corrected chi connectivity index (χ4v) is 2.08. The summed E-state index contributed by atoms with van der Waals surface area (Å²) in [4.78, 5) is 17.7. The van der Waals surface area contributed by atoms with Crippen molar-refractivity contribution >= 4 is 22.7 Å². The van der Waals surface area contributed by atoms with E-state index < -0.39 is 4.92 Å². The van der Waals surface area contributed by atoms with Gasteiger partial charge in [0.1, 0.15) is 0 Å². The van der Waals surface area contributed by atoms with Crippen LogP contribution in [-0.4, -0.2) is 31.2 Å². The lowest BCUT2D eigenvalue weighted by molar-refractivity contribution is -0.384. The molecule has 0 saturated heterocycles. The highest BCUT2D eigenvalue weighted by molar-refractivity contribution is 5.79. The minimum atomic E-state index is -0.419. The maximum absolute atomic E-state index is 10.7. The molecule has 0 aliphatic rings. The van der Waals surface area contributed by atoms with Crippen LogP contribution in [0, 0.1) is 10.1 Å². The van der Waals surface area contributed by atoms with Crippen molar-refractivity contribution in [3.8, 4) is 0 Å². The molecule has 2 heterocycles. The van der Waals surface area contributed by atoms with E-state index in [1.54, 1.807) is 12.3 Å². The molecule has 108 valence electrons. The van der Waals surface area contributed by atoms with E-state index in [2.05, 4.69) is 20.4 Å². The number of aromatic nitrogens is 4. The molecule has 0 aliphatic heterocycles. The molecule has 0 fully saturated rings. The smallest absolute Gasteiger partial charge is 0.271 e. The van der Waals surface area contributed by atoms with E-state index in [-0.39, 0.29) is 5.69 Å². The molecule has 0 atom stereocenters. The maximum Gasteiger partial charge on any atom is 0.271 e. The fourth-order valence-electron chi connectivity index (χ4n) is 2.08. The number of anilines is 1. The molecule has 0 unspecified atom stereocenters. The number of non-ortho nitro benzene ring substituents is 1. The summed E-state index contributed by atoms with van der Waals surface area (Å²) < 4.78 is 1.86. The van der Waals surface area contributed by atoms with E-state index in [0.29, 0.717) is 17.0 Å². The van der Waals surface area contributed by atoms with Crippen LogP contribution in [0.1, 0.15) is 6.42 Å². The lowest BCUT2D eigenvalue weighted by Gasteiger charge is -2.02. The summed E-state index contributed by atoms with van der Waals surface area (Å²) in [6, 6.07) is 6.46. The van der Waals surface area contributed by atoms with Gasteiger partial charge in [-0.2, -0.15) is 5.10 Å². The summed E-state index contributed by atoms with van der Waals surface area (Å²) in [5.74, 6) is 0.617. The minimum absolute atomic E-state index is 0.0522. The Morgan fingerprint density at radius 2 is 2.33 bits per heavy atom.